The standard InChI is InChI=1S/C23H15F6N3O2/c24-22(25,26)21(34,23(27,28)29)15-8-10-16(11-9-15)32-18(13-14-5-2-1-3-6-14)31-19-17(20(32)33)7-4-12-30-19/h1-12,34H,13H2. The van der Waals surface area contributed by atoms with Gasteiger partial charge < -0.3 is 5.11 Å². The minimum atomic E-state index is -6.02. The topological polar surface area (TPSA) is 68.0 Å². The van der Waals surface area contributed by atoms with Crippen LogP contribution in [0.5, 0.6) is 0 Å². The van der Waals surface area contributed by atoms with Crippen LogP contribution in [0.15, 0.2) is 77.7 Å². The predicted octanol–water partition coefficient (Wildman–Crippen LogP) is 4.68. The quantitative estimate of drug-likeness (QED) is 0.432. The molecule has 34 heavy (non-hydrogen) atoms. The van der Waals surface area contributed by atoms with Crippen LogP contribution >= 0.6 is 0 Å². The molecule has 0 fully saturated rings. The van der Waals surface area contributed by atoms with Crippen molar-refractivity contribution in [3.8, 4) is 5.69 Å². The highest BCUT2D eigenvalue weighted by atomic mass is 19.4. The molecule has 2 aromatic carbocycles. The van der Waals surface area contributed by atoms with Crippen LogP contribution in [0, 0.1) is 0 Å². The SMILES string of the molecule is O=c1c2cccnc2nc(Cc2ccccc2)n1-c1ccc(C(O)(C(F)(F)F)C(F)(F)F)cc1. The summed E-state index contributed by atoms with van der Waals surface area (Å²) in [6.07, 6.45) is -10.5. The summed E-state index contributed by atoms with van der Waals surface area (Å²) in [7, 11) is 0. The molecule has 2 aromatic heterocycles. The van der Waals surface area contributed by atoms with Crippen molar-refractivity contribution in [2.45, 2.75) is 24.4 Å². The highest BCUT2D eigenvalue weighted by Crippen LogP contribution is 2.50. The summed E-state index contributed by atoms with van der Waals surface area (Å²) < 4.78 is 80.4. The molecule has 1 N–H and O–H groups in total. The number of pyridine rings is 1. The van der Waals surface area contributed by atoms with Crippen molar-refractivity contribution in [2.75, 3.05) is 0 Å². The van der Waals surface area contributed by atoms with Gasteiger partial charge >= 0.3 is 12.4 Å². The van der Waals surface area contributed by atoms with E-state index in [9.17, 15) is 36.2 Å². The third-order valence-electron chi connectivity index (χ3n) is 5.28. The number of nitrogens with zero attached hydrogens (tertiary/aromatic N) is 3. The van der Waals surface area contributed by atoms with Crippen LogP contribution in [0.3, 0.4) is 0 Å². The summed E-state index contributed by atoms with van der Waals surface area (Å²) in [4.78, 5) is 21.7. The van der Waals surface area contributed by atoms with Crippen LogP contribution in [-0.4, -0.2) is 32.0 Å². The zero-order valence-corrected chi connectivity index (χ0v) is 17.1. The molecule has 0 aliphatic rings. The average Bonchev–Trinajstić information content (AvgIpc) is 2.78. The fourth-order valence-corrected chi connectivity index (χ4v) is 3.57. The molecule has 0 spiro atoms. The lowest BCUT2D eigenvalue weighted by atomic mass is 9.92. The second-order valence-electron chi connectivity index (χ2n) is 7.46. The summed E-state index contributed by atoms with van der Waals surface area (Å²) in [5.74, 6) is 0.178. The van der Waals surface area contributed by atoms with E-state index in [0.717, 1.165) is 22.3 Å². The van der Waals surface area contributed by atoms with E-state index in [1.165, 1.54) is 18.3 Å². The summed E-state index contributed by atoms with van der Waals surface area (Å²) >= 11 is 0. The van der Waals surface area contributed by atoms with E-state index in [0.29, 0.717) is 12.1 Å². The van der Waals surface area contributed by atoms with Crippen LogP contribution in [0.4, 0.5) is 26.3 Å². The molecule has 0 bridgehead atoms. The maximum absolute atomic E-state index is 13.2. The number of aliphatic hydroxyl groups is 1. The van der Waals surface area contributed by atoms with E-state index in [1.54, 1.807) is 30.3 Å². The van der Waals surface area contributed by atoms with Crippen molar-refractivity contribution < 1.29 is 31.4 Å². The van der Waals surface area contributed by atoms with Gasteiger partial charge in [-0.1, -0.05) is 42.5 Å². The molecule has 0 amide bonds. The lowest BCUT2D eigenvalue weighted by Crippen LogP contribution is -2.53. The molecule has 11 heteroatoms. The van der Waals surface area contributed by atoms with Crippen molar-refractivity contribution in [2.24, 2.45) is 0 Å². The van der Waals surface area contributed by atoms with Gasteiger partial charge in [0.2, 0.25) is 0 Å². The highest BCUT2D eigenvalue weighted by Gasteiger charge is 2.71. The Hall–Kier alpha value is -3.73. The molecule has 0 saturated heterocycles. The summed E-state index contributed by atoms with van der Waals surface area (Å²) in [5.41, 5.74) is -6.21. The molecular weight excluding hydrogens is 464 g/mol. The number of benzene rings is 2. The first-order chi connectivity index (χ1) is 15.9. The third-order valence-corrected chi connectivity index (χ3v) is 5.28. The molecule has 4 aromatic rings. The first kappa shape index (κ1) is 23.4. The summed E-state index contributed by atoms with van der Waals surface area (Å²) in [6.45, 7) is 0. The number of fused-ring (bicyclic) bond motifs is 1. The fourth-order valence-electron chi connectivity index (χ4n) is 3.57. The number of rotatable bonds is 4. The van der Waals surface area contributed by atoms with Gasteiger partial charge in [0.25, 0.3) is 11.2 Å². The van der Waals surface area contributed by atoms with Crippen LogP contribution in [0.2, 0.25) is 0 Å². The van der Waals surface area contributed by atoms with Crippen LogP contribution in [-0.2, 0) is 12.0 Å². The Bertz CT molecular complexity index is 1370. The summed E-state index contributed by atoms with van der Waals surface area (Å²) in [5, 5.41) is 9.74. The molecule has 176 valence electrons. The molecule has 0 atom stereocenters. The molecule has 5 nitrogen and oxygen atoms in total. The number of alkyl halides is 6. The predicted molar refractivity (Wildman–Crippen MR) is 110 cm³/mol. The lowest BCUT2D eigenvalue weighted by Gasteiger charge is -2.32. The molecular formula is C23H15F6N3O2. The summed E-state index contributed by atoms with van der Waals surface area (Å²) in [6, 6.07) is 14.6. The second kappa shape index (κ2) is 8.24. The molecule has 4 rings (SSSR count). The van der Waals surface area contributed by atoms with Gasteiger partial charge in [0.05, 0.1) is 11.1 Å². The van der Waals surface area contributed by atoms with Gasteiger partial charge in [0.15, 0.2) is 5.65 Å². The van der Waals surface area contributed by atoms with Gasteiger partial charge in [-0.2, -0.15) is 26.3 Å². The smallest absolute Gasteiger partial charge is 0.369 e. The van der Waals surface area contributed by atoms with Crippen molar-refractivity contribution in [1.29, 1.82) is 0 Å². The Kier molecular flexibility index (Phi) is 5.68. The number of hydrogen-bond donors (Lipinski definition) is 1. The number of halogens is 6. The lowest BCUT2D eigenvalue weighted by molar-refractivity contribution is -0.376. The van der Waals surface area contributed by atoms with Crippen molar-refractivity contribution in [3.05, 3.63) is 100 Å². The molecule has 0 aliphatic heterocycles. The van der Waals surface area contributed by atoms with Crippen molar-refractivity contribution in [3.63, 3.8) is 0 Å². The second-order valence-corrected chi connectivity index (χ2v) is 7.46. The molecule has 0 saturated carbocycles. The third kappa shape index (κ3) is 3.92. The van der Waals surface area contributed by atoms with E-state index < -0.39 is 29.1 Å². The Morgan fingerprint density at radius 1 is 0.824 bits per heavy atom. The maximum atomic E-state index is 13.2. The normalized spacial score (nSPS) is 12.8. The fraction of sp³-hybridized carbons (Fsp3) is 0.174. The number of aromatic nitrogens is 3. The van der Waals surface area contributed by atoms with Gasteiger partial charge in [0.1, 0.15) is 5.82 Å². The molecule has 0 radical (unpaired) electrons. The maximum Gasteiger partial charge on any atom is 0.430 e. The zero-order valence-electron chi connectivity index (χ0n) is 17.1. The Morgan fingerprint density at radius 2 is 1.44 bits per heavy atom. The molecule has 0 unspecified atom stereocenters. The van der Waals surface area contributed by atoms with Gasteiger partial charge in [-0.05, 0) is 29.8 Å². The van der Waals surface area contributed by atoms with E-state index in [-0.39, 0.29) is 29.0 Å². The minimum absolute atomic E-state index is 0.0235. The Balaban J connectivity index is 1.89. The monoisotopic (exact) mass is 479 g/mol. The molecule has 2 heterocycles. The Labute approximate surface area is 188 Å². The number of hydrogen-bond acceptors (Lipinski definition) is 4. The average molecular weight is 479 g/mol. The van der Waals surface area contributed by atoms with Crippen LogP contribution in [0.25, 0.3) is 16.7 Å². The van der Waals surface area contributed by atoms with Crippen LogP contribution < -0.4 is 5.56 Å². The van der Waals surface area contributed by atoms with E-state index in [2.05, 4.69) is 9.97 Å². The largest absolute Gasteiger partial charge is 0.430 e. The Morgan fingerprint density at radius 3 is 2.03 bits per heavy atom. The van der Waals surface area contributed by atoms with Crippen LogP contribution in [0.1, 0.15) is 17.0 Å². The van der Waals surface area contributed by atoms with Gasteiger partial charge in [-0.3, -0.25) is 9.36 Å². The van der Waals surface area contributed by atoms with Gasteiger partial charge in [-0.15, -0.1) is 0 Å². The zero-order chi connectivity index (χ0) is 24.7. The van der Waals surface area contributed by atoms with Gasteiger partial charge in [0, 0.05) is 18.2 Å². The first-order valence-corrected chi connectivity index (χ1v) is 9.81. The van der Waals surface area contributed by atoms with E-state index >= 15 is 0 Å². The van der Waals surface area contributed by atoms with Gasteiger partial charge in [-0.25, -0.2) is 9.97 Å². The van der Waals surface area contributed by atoms with E-state index in [4.69, 9.17) is 0 Å². The van der Waals surface area contributed by atoms with E-state index in [1.807, 2.05) is 0 Å². The van der Waals surface area contributed by atoms with Crippen molar-refractivity contribution >= 4 is 11.0 Å². The van der Waals surface area contributed by atoms with Crippen molar-refractivity contribution in [1.82, 2.24) is 14.5 Å². The minimum Gasteiger partial charge on any atom is -0.369 e. The first-order valence-electron chi connectivity index (χ1n) is 9.81. The molecule has 0 aliphatic carbocycles. The highest BCUT2D eigenvalue weighted by molar-refractivity contribution is 5.73.